The largest absolute Gasteiger partial charge is 0.371 e. The molecule has 5 atom stereocenters. The Hall–Kier alpha value is -2.04. The molecule has 3 rings (SSSR count). The predicted molar refractivity (Wildman–Crippen MR) is 136 cm³/mol. The van der Waals surface area contributed by atoms with Gasteiger partial charge in [0.05, 0.1) is 6.04 Å². The Morgan fingerprint density at radius 2 is 1.97 bits per heavy atom. The fraction of sp³-hybridized carbons (Fsp3) is 0.760. The lowest BCUT2D eigenvalue weighted by Crippen LogP contribution is -2.57. The van der Waals surface area contributed by atoms with Crippen LogP contribution in [0.1, 0.15) is 87.8 Å². The van der Waals surface area contributed by atoms with Gasteiger partial charge in [-0.2, -0.15) is 0 Å². The van der Waals surface area contributed by atoms with Gasteiger partial charge in [0.1, 0.15) is 22.8 Å². The van der Waals surface area contributed by atoms with Crippen LogP contribution in [0.5, 0.6) is 0 Å². The number of ether oxygens (including phenoxy) is 1. The van der Waals surface area contributed by atoms with E-state index in [1.807, 2.05) is 34.7 Å². The Bertz CT molecular complexity index is 876. The molecule has 0 aromatic carbocycles. The molecule has 3 N–H and O–H groups in total. The number of likely N-dealkylation sites (N-methyl/N-ethyl adjacent to an activating group) is 1. The van der Waals surface area contributed by atoms with Gasteiger partial charge in [-0.25, -0.2) is 4.98 Å². The molecule has 0 radical (unpaired) electrons. The van der Waals surface area contributed by atoms with Crippen molar-refractivity contribution in [2.75, 3.05) is 20.2 Å². The minimum absolute atomic E-state index is 0.0180. The van der Waals surface area contributed by atoms with Gasteiger partial charge in [-0.3, -0.25) is 19.3 Å². The summed E-state index contributed by atoms with van der Waals surface area (Å²) in [7, 11) is 1.97. The number of likely N-dealkylation sites (tertiary alicyclic amines) is 1. The maximum atomic E-state index is 13.3. The lowest BCUT2D eigenvalue weighted by atomic mass is 9.95. The number of amides is 3. The average Bonchev–Trinajstić information content (AvgIpc) is 3.32. The number of aromatic nitrogens is 1. The quantitative estimate of drug-likeness (QED) is 0.474. The molecule has 3 amide bonds. The number of carbonyl (C=O) groups excluding carboxylic acids is 3. The molecule has 1 aromatic rings. The summed E-state index contributed by atoms with van der Waals surface area (Å²) < 4.78 is 5.92. The van der Waals surface area contributed by atoms with Crippen molar-refractivity contribution in [2.24, 2.45) is 5.92 Å². The summed E-state index contributed by atoms with van der Waals surface area (Å²) in [6, 6.07) is -0.799. The van der Waals surface area contributed by atoms with Crippen LogP contribution in [0, 0.1) is 5.92 Å². The summed E-state index contributed by atoms with van der Waals surface area (Å²) in [5, 5.41) is 11.5. The fourth-order valence-corrected chi connectivity index (χ4v) is 5.48. The van der Waals surface area contributed by atoms with E-state index in [2.05, 4.69) is 25.8 Å². The van der Waals surface area contributed by atoms with E-state index in [1.54, 1.807) is 5.38 Å². The highest BCUT2D eigenvalue weighted by molar-refractivity contribution is 7.09. The van der Waals surface area contributed by atoms with Crippen molar-refractivity contribution in [3.63, 3.8) is 0 Å². The van der Waals surface area contributed by atoms with E-state index in [0.717, 1.165) is 37.2 Å². The second-order valence-electron chi connectivity index (χ2n) is 10.2. The van der Waals surface area contributed by atoms with E-state index in [1.165, 1.54) is 11.3 Å². The number of nitrogens with zero attached hydrogens (tertiary/aromatic N) is 2. The molecule has 0 aliphatic carbocycles. The second kappa shape index (κ2) is 12.8. The maximum absolute atomic E-state index is 13.3. The van der Waals surface area contributed by atoms with Crippen molar-refractivity contribution in [1.29, 1.82) is 0 Å². The van der Waals surface area contributed by atoms with E-state index in [4.69, 9.17) is 4.74 Å². The third kappa shape index (κ3) is 7.47. The highest BCUT2D eigenvalue weighted by Crippen LogP contribution is 2.30. The Kier molecular flexibility index (Phi) is 10.1. The normalized spacial score (nSPS) is 25.0. The van der Waals surface area contributed by atoms with Crippen LogP contribution >= 0.6 is 11.3 Å². The van der Waals surface area contributed by atoms with E-state index in [0.29, 0.717) is 25.1 Å². The Morgan fingerprint density at radius 1 is 1.20 bits per heavy atom. The number of hydrogen-bond donors (Lipinski definition) is 3. The van der Waals surface area contributed by atoms with Gasteiger partial charge in [-0.05, 0) is 52.6 Å². The van der Waals surface area contributed by atoms with Gasteiger partial charge < -0.3 is 20.7 Å². The Balaban J connectivity index is 1.61. The Labute approximate surface area is 212 Å². The first-order chi connectivity index (χ1) is 16.7. The van der Waals surface area contributed by atoms with Crippen LogP contribution in [0.15, 0.2) is 5.38 Å². The molecular weight excluding hydrogens is 466 g/mol. The van der Waals surface area contributed by atoms with Gasteiger partial charge in [0.2, 0.25) is 11.8 Å². The van der Waals surface area contributed by atoms with Crippen LogP contribution in [0.2, 0.25) is 0 Å². The number of nitrogens with one attached hydrogen (secondary N) is 3. The lowest BCUT2D eigenvalue weighted by Gasteiger charge is -2.34. The summed E-state index contributed by atoms with van der Waals surface area (Å²) in [5.41, 5.74) is 0.390. The van der Waals surface area contributed by atoms with Crippen LogP contribution in [0.4, 0.5) is 0 Å². The van der Waals surface area contributed by atoms with Crippen LogP contribution in [0.25, 0.3) is 0 Å². The number of rotatable bonds is 9. The van der Waals surface area contributed by atoms with E-state index < -0.39 is 6.04 Å². The zero-order chi connectivity index (χ0) is 25.5. The first kappa shape index (κ1) is 27.5. The van der Waals surface area contributed by atoms with Gasteiger partial charge in [0, 0.05) is 30.5 Å². The lowest BCUT2D eigenvalue weighted by molar-refractivity contribution is -0.134. The molecular formula is C25H41N5O4S. The zero-order valence-electron chi connectivity index (χ0n) is 21.6. The van der Waals surface area contributed by atoms with Gasteiger partial charge in [-0.1, -0.05) is 26.7 Å². The Morgan fingerprint density at radius 3 is 2.66 bits per heavy atom. The van der Waals surface area contributed by atoms with E-state index >= 15 is 0 Å². The van der Waals surface area contributed by atoms with Crippen molar-refractivity contribution in [3.8, 4) is 0 Å². The molecule has 2 aliphatic heterocycles. The van der Waals surface area contributed by atoms with Gasteiger partial charge in [-0.15, -0.1) is 11.3 Å². The number of piperidine rings is 1. The first-order valence-corrected chi connectivity index (χ1v) is 13.8. The van der Waals surface area contributed by atoms with Crippen LogP contribution < -0.4 is 16.0 Å². The summed E-state index contributed by atoms with van der Waals surface area (Å²) >= 11 is 1.40. The summed E-state index contributed by atoms with van der Waals surface area (Å²) in [5.74, 6) is -0.385. The highest BCUT2D eigenvalue weighted by atomic mass is 32.1. The van der Waals surface area contributed by atoms with Crippen molar-refractivity contribution < 1.29 is 19.1 Å². The molecule has 0 unspecified atom stereocenters. The van der Waals surface area contributed by atoms with E-state index in [-0.39, 0.29) is 47.9 Å². The topological polar surface area (TPSA) is 113 Å². The molecule has 35 heavy (non-hydrogen) atoms. The van der Waals surface area contributed by atoms with Crippen molar-refractivity contribution in [2.45, 2.75) is 96.5 Å². The number of thiazole rings is 1. The molecule has 3 heterocycles. The molecule has 2 fully saturated rings. The number of carbonyl (C=O) groups is 3. The van der Waals surface area contributed by atoms with Gasteiger partial charge in [0.25, 0.3) is 5.91 Å². The van der Waals surface area contributed by atoms with Crippen LogP contribution in [-0.2, 0) is 14.3 Å². The molecule has 10 heteroatoms. The van der Waals surface area contributed by atoms with E-state index in [9.17, 15) is 14.4 Å². The van der Waals surface area contributed by atoms with Crippen molar-refractivity contribution in [1.82, 2.24) is 25.8 Å². The maximum Gasteiger partial charge on any atom is 0.270 e. The predicted octanol–water partition coefficient (Wildman–Crippen LogP) is 2.63. The molecule has 0 spiro atoms. The molecule has 1 aromatic heterocycles. The molecule has 0 bridgehead atoms. The van der Waals surface area contributed by atoms with Crippen molar-refractivity contribution in [3.05, 3.63) is 16.1 Å². The minimum Gasteiger partial charge on any atom is -0.371 e. The SMILES string of the molecule is CC[C@H](C)[C@H](NC(=O)[C@H]1CCCCN1C)C(=O)N[C@@H]1CCO[C@H](c2nc(C(=O)NC(C)C)cs2)C1. The smallest absolute Gasteiger partial charge is 0.270 e. The van der Waals surface area contributed by atoms with Crippen LogP contribution in [0.3, 0.4) is 0 Å². The van der Waals surface area contributed by atoms with Crippen LogP contribution in [-0.4, -0.2) is 72.0 Å². The fourth-order valence-electron chi connectivity index (χ4n) is 4.62. The molecule has 2 saturated heterocycles. The van der Waals surface area contributed by atoms with Gasteiger partial charge >= 0.3 is 0 Å². The average molecular weight is 508 g/mol. The highest BCUT2D eigenvalue weighted by Gasteiger charge is 2.34. The zero-order valence-corrected chi connectivity index (χ0v) is 22.5. The van der Waals surface area contributed by atoms with Crippen molar-refractivity contribution >= 4 is 29.1 Å². The summed E-state index contributed by atoms with van der Waals surface area (Å²) in [4.78, 5) is 45.1. The second-order valence-corrected chi connectivity index (χ2v) is 11.0. The summed E-state index contributed by atoms with van der Waals surface area (Å²) in [6.45, 7) is 9.25. The molecule has 9 nitrogen and oxygen atoms in total. The minimum atomic E-state index is -0.574. The third-order valence-electron chi connectivity index (χ3n) is 6.95. The molecule has 0 saturated carbocycles. The van der Waals surface area contributed by atoms with Gasteiger partial charge in [0.15, 0.2) is 0 Å². The number of hydrogen-bond acceptors (Lipinski definition) is 7. The monoisotopic (exact) mass is 507 g/mol. The standard InChI is InChI=1S/C25H41N5O4S/c1-6-16(4)21(29-23(32)19-9-7-8-11-30(19)5)24(33)27-17-10-12-34-20(13-17)25-28-18(14-35-25)22(31)26-15(2)3/h14-17,19-21H,6-13H2,1-5H3,(H,26,31)(H,27,33)(H,29,32)/t16-,17+,19+,20-,21-/m0/s1. The first-order valence-electron chi connectivity index (χ1n) is 12.9. The molecule has 196 valence electrons. The summed E-state index contributed by atoms with van der Waals surface area (Å²) in [6.07, 6.45) is 4.75. The third-order valence-corrected chi connectivity index (χ3v) is 7.88. The molecule has 2 aliphatic rings.